The summed E-state index contributed by atoms with van der Waals surface area (Å²) in [6.45, 7) is 0.381. The van der Waals surface area contributed by atoms with Gasteiger partial charge in [-0.2, -0.15) is 4.99 Å². The molecule has 11 heavy (non-hydrogen) atoms. The van der Waals surface area contributed by atoms with Crippen LogP contribution in [0.1, 0.15) is 12.8 Å². The fourth-order valence-corrected chi connectivity index (χ4v) is 0.816. The van der Waals surface area contributed by atoms with Crippen LogP contribution in [0.2, 0.25) is 0 Å². The Kier molecular flexibility index (Phi) is 2.32. The van der Waals surface area contributed by atoms with Gasteiger partial charge in [-0.1, -0.05) is 0 Å². The number of hydrogen-bond acceptors (Lipinski definition) is 3. The molecule has 2 amide bonds. The van der Waals surface area contributed by atoms with E-state index in [-0.39, 0.29) is 12.3 Å². The molecule has 0 aromatic rings. The van der Waals surface area contributed by atoms with Crippen LogP contribution in [0.4, 0.5) is 0 Å². The van der Waals surface area contributed by atoms with Crippen LogP contribution >= 0.6 is 0 Å². The number of carbonyl (C=O) groups excluding carboxylic acids is 2. The Morgan fingerprint density at radius 1 is 1.55 bits per heavy atom. The lowest BCUT2D eigenvalue weighted by Crippen LogP contribution is -2.37. The van der Waals surface area contributed by atoms with Crippen LogP contribution in [0.15, 0.2) is 4.99 Å². The van der Waals surface area contributed by atoms with Crippen molar-refractivity contribution in [2.75, 3.05) is 6.54 Å². The fourth-order valence-electron chi connectivity index (χ4n) is 0.816. The summed E-state index contributed by atoms with van der Waals surface area (Å²) < 4.78 is 0. The number of carbonyl (C=O) groups is 2. The van der Waals surface area contributed by atoms with Gasteiger partial charge >= 0.3 is 0 Å². The first-order chi connectivity index (χ1) is 5.22. The van der Waals surface area contributed by atoms with Crippen LogP contribution in [0.25, 0.3) is 0 Å². The maximum atomic E-state index is 10.7. The van der Waals surface area contributed by atoms with E-state index in [1.54, 1.807) is 0 Å². The van der Waals surface area contributed by atoms with Crippen LogP contribution in [-0.4, -0.2) is 24.2 Å². The lowest BCUT2D eigenvalue weighted by Gasteiger charge is -2.10. The highest BCUT2D eigenvalue weighted by Gasteiger charge is 2.16. The minimum absolute atomic E-state index is 0.145. The number of amides is 2. The average molecular weight is 155 g/mol. The van der Waals surface area contributed by atoms with Gasteiger partial charge < -0.3 is 11.1 Å². The van der Waals surface area contributed by atoms with Crippen molar-refractivity contribution >= 4 is 17.6 Å². The van der Waals surface area contributed by atoms with Gasteiger partial charge in [-0.25, -0.2) is 0 Å². The first-order valence-electron chi connectivity index (χ1n) is 3.32. The fraction of sp³-hybridized carbons (Fsp3) is 0.500. The molecule has 0 bridgehead atoms. The molecule has 1 heterocycles. The van der Waals surface area contributed by atoms with Crippen LogP contribution in [0, 0.1) is 0 Å². The van der Waals surface area contributed by atoms with Gasteiger partial charge in [0.15, 0.2) is 0 Å². The summed E-state index contributed by atoms with van der Waals surface area (Å²) >= 11 is 0. The first-order valence-corrected chi connectivity index (χ1v) is 3.32. The lowest BCUT2D eigenvalue weighted by atomic mass is 10.3. The predicted molar refractivity (Wildman–Crippen MR) is 38.9 cm³/mol. The summed E-state index contributed by atoms with van der Waals surface area (Å²) in [6.07, 6.45) is 0.297. The first kappa shape index (κ1) is 7.87. The van der Waals surface area contributed by atoms with Crippen molar-refractivity contribution in [3.8, 4) is 0 Å². The third-order valence-corrected chi connectivity index (χ3v) is 1.24. The van der Waals surface area contributed by atoms with Gasteiger partial charge in [0.1, 0.15) is 12.3 Å². The van der Waals surface area contributed by atoms with E-state index >= 15 is 0 Å². The van der Waals surface area contributed by atoms with Crippen molar-refractivity contribution in [3.05, 3.63) is 0 Å². The monoisotopic (exact) mass is 155 g/mol. The summed E-state index contributed by atoms with van der Waals surface area (Å²) in [5, 5.41) is 2.46. The Morgan fingerprint density at radius 2 is 2.27 bits per heavy atom. The van der Waals surface area contributed by atoms with Crippen molar-refractivity contribution in [2.45, 2.75) is 12.8 Å². The Morgan fingerprint density at radius 3 is 2.82 bits per heavy atom. The summed E-state index contributed by atoms with van der Waals surface area (Å²) in [4.78, 5) is 25.0. The zero-order chi connectivity index (χ0) is 8.27. The minimum Gasteiger partial charge on any atom is -0.330 e. The maximum Gasteiger partial charge on any atom is 0.256 e. The molecule has 3 N–H and O–H groups in total. The molecule has 1 aliphatic heterocycles. The molecule has 0 unspecified atom stereocenters. The highest BCUT2D eigenvalue weighted by Crippen LogP contribution is 1.95. The zero-order valence-electron chi connectivity index (χ0n) is 5.96. The number of hydrogen-bond donors (Lipinski definition) is 2. The van der Waals surface area contributed by atoms with Crippen molar-refractivity contribution in [1.82, 2.24) is 5.32 Å². The molecule has 0 aromatic heterocycles. The minimum atomic E-state index is -0.391. The predicted octanol–water partition coefficient (Wildman–Crippen LogP) is -1.22. The smallest absolute Gasteiger partial charge is 0.256 e. The van der Waals surface area contributed by atoms with Crippen molar-refractivity contribution in [2.24, 2.45) is 10.7 Å². The van der Waals surface area contributed by atoms with E-state index in [4.69, 9.17) is 5.73 Å². The van der Waals surface area contributed by atoms with Gasteiger partial charge in [-0.05, 0) is 6.54 Å². The number of nitrogens with two attached hydrogens (primary N) is 1. The Bertz CT molecular complexity index is 222. The third kappa shape index (κ3) is 2.12. The average Bonchev–Trinajstić information content (AvgIpc) is 1.85. The van der Waals surface area contributed by atoms with Crippen molar-refractivity contribution in [1.29, 1.82) is 0 Å². The SMILES string of the molecule is NCCC1=NC(=O)CC(=O)N1. The molecular weight excluding hydrogens is 146 g/mol. The standard InChI is InChI=1S/C6H9N3O2/c7-2-1-4-8-5(10)3-6(11)9-4/h1-3,7H2,(H,8,9,10,11). The molecule has 0 atom stereocenters. The molecule has 0 aliphatic carbocycles. The molecule has 0 saturated heterocycles. The van der Waals surface area contributed by atoms with Crippen LogP contribution in [-0.2, 0) is 9.59 Å². The number of nitrogens with zero attached hydrogens (tertiary/aromatic N) is 1. The Hall–Kier alpha value is -1.23. The quantitative estimate of drug-likeness (QED) is 0.490. The topological polar surface area (TPSA) is 84.5 Å². The van der Waals surface area contributed by atoms with E-state index in [1.165, 1.54) is 0 Å². The molecule has 60 valence electrons. The number of rotatable bonds is 2. The number of aliphatic imine (C=N–C) groups is 1. The van der Waals surface area contributed by atoms with Crippen LogP contribution in [0.5, 0.6) is 0 Å². The van der Waals surface area contributed by atoms with Gasteiger partial charge in [0.05, 0.1) is 0 Å². The second-order valence-electron chi connectivity index (χ2n) is 2.22. The molecule has 1 aliphatic rings. The maximum absolute atomic E-state index is 10.7. The second kappa shape index (κ2) is 3.25. The van der Waals surface area contributed by atoms with Crippen LogP contribution in [0.3, 0.4) is 0 Å². The molecular formula is C6H9N3O2. The van der Waals surface area contributed by atoms with Gasteiger partial charge in [-0.15, -0.1) is 0 Å². The molecule has 0 aromatic carbocycles. The van der Waals surface area contributed by atoms with E-state index in [9.17, 15) is 9.59 Å². The molecule has 0 spiro atoms. The summed E-state index contributed by atoms with van der Waals surface area (Å²) in [5.41, 5.74) is 5.21. The van der Waals surface area contributed by atoms with Gasteiger partial charge in [0, 0.05) is 6.42 Å². The third-order valence-electron chi connectivity index (χ3n) is 1.24. The van der Waals surface area contributed by atoms with E-state index in [0.29, 0.717) is 18.8 Å². The normalized spacial score (nSPS) is 17.7. The number of nitrogens with one attached hydrogen (secondary N) is 1. The molecule has 5 nitrogen and oxygen atoms in total. The Balaban J connectivity index is 2.64. The second-order valence-corrected chi connectivity index (χ2v) is 2.22. The van der Waals surface area contributed by atoms with E-state index in [2.05, 4.69) is 10.3 Å². The summed E-state index contributed by atoms with van der Waals surface area (Å²) in [6, 6.07) is 0. The molecule has 5 heteroatoms. The van der Waals surface area contributed by atoms with E-state index in [0.717, 1.165) is 0 Å². The van der Waals surface area contributed by atoms with Gasteiger partial charge in [0.2, 0.25) is 5.91 Å². The highest BCUT2D eigenvalue weighted by atomic mass is 16.2. The molecule has 0 fully saturated rings. The van der Waals surface area contributed by atoms with Crippen molar-refractivity contribution in [3.63, 3.8) is 0 Å². The molecule has 0 saturated carbocycles. The van der Waals surface area contributed by atoms with E-state index in [1.807, 2.05) is 0 Å². The molecule has 0 radical (unpaired) electrons. The van der Waals surface area contributed by atoms with Gasteiger partial charge in [0.25, 0.3) is 5.91 Å². The van der Waals surface area contributed by atoms with E-state index < -0.39 is 5.91 Å². The van der Waals surface area contributed by atoms with Crippen LogP contribution < -0.4 is 11.1 Å². The Labute approximate surface area is 63.7 Å². The summed E-state index contributed by atoms with van der Waals surface area (Å²) in [7, 11) is 0. The summed E-state index contributed by atoms with van der Waals surface area (Å²) in [5.74, 6) is -0.306. The highest BCUT2D eigenvalue weighted by molar-refractivity contribution is 6.13. The zero-order valence-corrected chi connectivity index (χ0v) is 5.96. The van der Waals surface area contributed by atoms with Crippen molar-refractivity contribution < 1.29 is 9.59 Å². The molecule has 1 rings (SSSR count). The number of amidine groups is 1. The van der Waals surface area contributed by atoms with Gasteiger partial charge in [-0.3, -0.25) is 9.59 Å². The lowest BCUT2D eigenvalue weighted by molar-refractivity contribution is -0.127. The largest absolute Gasteiger partial charge is 0.330 e.